The second kappa shape index (κ2) is 14.6. The molecule has 0 saturated carbocycles. The molecule has 1 aromatic heterocycles. The van der Waals surface area contributed by atoms with Crippen molar-refractivity contribution in [1.82, 2.24) is 15.3 Å². The second-order valence-electron chi connectivity index (χ2n) is 12.7. The van der Waals surface area contributed by atoms with E-state index in [9.17, 15) is 9.59 Å². The molecule has 1 fully saturated rings. The first-order valence-corrected chi connectivity index (χ1v) is 16.5. The summed E-state index contributed by atoms with van der Waals surface area (Å²) in [6.45, 7) is 12.2. The number of piperidine rings is 1. The van der Waals surface area contributed by atoms with Gasteiger partial charge in [-0.15, -0.1) is 11.8 Å². The maximum atomic E-state index is 12.8. The van der Waals surface area contributed by atoms with E-state index in [-0.39, 0.29) is 23.5 Å². The van der Waals surface area contributed by atoms with Crippen molar-refractivity contribution in [3.63, 3.8) is 0 Å². The molecule has 1 aromatic carbocycles. The van der Waals surface area contributed by atoms with Gasteiger partial charge in [-0.3, -0.25) is 4.79 Å². The van der Waals surface area contributed by atoms with Gasteiger partial charge in [0.1, 0.15) is 16.4 Å². The molecule has 1 aliphatic carbocycles. The summed E-state index contributed by atoms with van der Waals surface area (Å²) in [7, 11) is 0. The number of hydrogen-bond donors (Lipinski definition) is 1. The van der Waals surface area contributed by atoms with E-state index in [4.69, 9.17) is 14.5 Å². The number of esters is 1. The summed E-state index contributed by atoms with van der Waals surface area (Å²) in [5.41, 5.74) is 1.90. The molecular formula is C33H48N4O4S. The summed E-state index contributed by atoms with van der Waals surface area (Å²) < 4.78 is 11.1. The molecule has 0 radical (unpaired) electrons. The lowest BCUT2D eigenvalue weighted by Gasteiger charge is -2.43. The average molecular weight is 597 g/mol. The Morgan fingerprint density at radius 2 is 1.90 bits per heavy atom. The van der Waals surface area contributed by atoms with Gasteiger partial charge in [-0.25, -0.2) is 14.8 Å². The number of ether oxygens (including phenoxy) is 2. The number of unbranched alkanes of at least 4 members (excludes halogenated alkanes) is 1. The van der Waals surface area contributed by atoms with Crippen LogP contribution in [0.3, 0.4) is 0 Å². The predicted molar refractivity (Wildman–Crippen MR) is 168 cm³/mol. The number of alkyl carbamates (subject to hydrolysis) is 1. The van der Waals surface area contributed by atoms with Gasteiger partial charge in [0.25, 0.3) is 0 Å². The molecule has 9 heteroatoms. The Balaban J connectivity index is 1.27. The maximum Gasteiger partial charge on any atom is 0.408 e. The van der Waals surface area contributed by atoms with Gasteiger partial charge < -0.3 is 19.7 Å². The Kier molecular flexibility index (Phi) is 11.1. The fourth-order valence-electron chi connectivity index (χ4n) is 6.06. The summed E-state index contributed by atoms with van der Waals surface area (Å²) >= 11 is 1.53. The summed E-state index contributed by atoms with van der Waals surface area (Å²) in [5, 5.41) is 4.03. The number of anilines is 1. The van der Waals surface area contributed by atoms with Crippen LogP contribution in [0.5, 0.6) is 0 Å². The first-order chi connectivity index (χ1) is 20.1. The van der Waals surface area contributed by atoms with Crippen molar-refractivity contribution in [2.75, 3.05) is 30.3 Å². The van der Waals surface area contributed by atoms with E-state index in [0.29, 0.717) is 24.7 Å². The van der Waals surface area contributed by atoms with Crippen LogP contribution < -0.4 is 10.2 Å². The van der Waals surface area contributed by atoms with Crippen LogP contribution in [0.1, 0.15) is 96.7 Å². The van der Waals surface area contributed by atoms with Crippen molar-refractivity contribution in [2.45, 2.75) is 103 Å². The van der Waals surface area contributed by atoms with Crippen LogP contribution in [-0.4, -0.2) is 53.1 Å². The molecule has 42 heavy (non-hydrogen) atoms. The van der Waals surface area contributed by atoms with Crippen molar-refractivity contribution in [3.05, 3.63) is 47.8 Å². The smallest absolute Gasteiger partial charge is 0.408 e. The molecule has 8 nitrogen and oxygen atoms in total. The zero-order valence-electron chi connectivity index (χ0n) is 26.0. The van der Waals surface area contributed by atoms with Gasteiger partial charge in [-0.05, 0) is 63.5 Å². The summed E-state index contributed by atoms with van der Waals surface area (Å²) in [4.78, 5) is 36.6. The van der Waals surface area contributed by atoms with Crippen LogP contribution >= 0.6 is 11.8 Å². The zero-order chi connectivity index (χ0) is 30.2. The average Bonchev–Trinajstić information content (AvgIpc) is 3.25. The Morgan fingerprint density at radius 1 is 1.14 bits per heavy atom. The SMILES string of the molecule is CCCCC(CC)COC(=O)CCSc1cnc(N2CCC3(CC2)Cc2ccccc2C3NC(=O)OC(C)(C)C)cn1. The van der Waals surface area contributed by atoms with Gasteiger partial charge in [0.2, 0.25) is 0 Å². The summed E-state index contributed by atoms with van der Waals surface area (Å²) in [6, 6.07) is 8.36. The van der Waals surface area contributed by atoms with Crippen LogP contribution in [0.2, 0.25) is 0 Å². The molecule has 1 N–H and O–H groups in total. The molecule has 2 heterocycles. The van der Waals surface area contributed by atoms with E-state index >= 15 is 0 Å². The van der Waals surface area contributed by atoms with Crippen LogP contribution in [0, 0.1) is 11.3 Å². The normalized spacial score (nSPS) is 18.4. The maximum absolute atomic E-state index is 12.8. The highest BCUT2D eigenvalue weighted by Gasteiger charge is 2.48. The first kappa shape index (κ1) is 32.1. The standard InChI is InChI=1S/C33H48N4O4S/c1-6-8-11-24(7-2)23-40-29(38)14-19-42-28-22-34-27(21-35-28)37-17-15-33(16-18-37)20-25-12-9-10-13-26(25)30(33)36-31(39)41-32(3,4)5/h9-10,12-13,21-22,24,30H,6-8,11,14-20,23H2,1-5H3,(H,36,39). The van der Waals surface area contributed by atoms with E-state index in [1.807, 2.05) is 33.0 Å². The largest absolute Gasteiger partial charge is 0.465 e. The van der Waals surface area contributed by atoms with E-state index in [1.54, 1.807) is 6.20 Å². The van der Waals surface area contributed by atoms with Gasteiger partial charge in [-0.2, -0.15) is 0 Å². The molecule has 2 atom stereocenters. The van der Waals surface area contributed by atoms with Gasteiger partial charge in [0.05, 0.1) is 31.5 Å². The van der Waals surface area contributed by atoms with Crippen molar-refractivity contribution >= 4 is 29.6 Å². The van der Waals surface area contributed by atoms with Crippen molar-refractivity contribution in [2.24, 2.45) is 11.3 Å². The van der Waals surface area contributed by atoms with Crippen molar-refractivity contribution in [3.8, 4) is 0 Å². The minimum Gasteiger partial charge on any atom is -0.465 e. The lowest BCUT2D eigenvalue weighted by atomic mass is 9.72. The highest BCUT2D eigenvalue weighted by atomic mass is 32.2. The zero-order valence-corrected chi connectivity index (χ0v) is 26.8. The quantitative estimate of drug-likeness (QED) is 0.204. The third-order valence-electron chi connectivity index (χ3n) is 8.46. The lowest BCUT2D eigenvalue weighted by Crippen LogP contribution is -2.47. The third kappa shape index (κ3) is 8.62. The fraction of sp³-hybridized carbons (Fsp3) is 0.636. The number of fused-ring (bicyclic) bond motifs is 1. The molecule has 4 rings (SSSR count). The Bertz CT molecular complexity index is 1180. The molecule has 2 unspecified atom stereocenters. The van der Waals surface area contributed by atoms with E-state index in [2.05, 4.69) is 47.2 Å². The number of carbonyl (C=O) groups is 2. The molecule has 1 aliphatic heterocycles. The number of thioether (sulfide) groups is 1. The molecule has 1 saturated heterocycles. The molecule has 0 bridgehead atoms. The van der Waals surface area contributed by atoms with Gasteiger partial charge in [0, 0.05) is 24.3 Å². The number of hydrogen-bond acceptors (Lipinski definition) is 8. The number of nitrogens with zero attached hydrogens (tertiary/aromatic N) is 3. The van der Waals surface area contributed by atoms with E-state index < -0.39 is 5.60 Å². The van der Waals surface area contributed by atoms with Crippen LogP contribution in [-0.2, 0) is 20.7 Å². The molecule has 2 aliphatic rings. The first-order valence-electron chi connectivity index (χ1n) is 15.5. The van der Waals surface area contributed by atoms with Crippen LogP contribution in [0.25, 0.3) is 0 Å². The lowest BCUT2D eigenvalue weighted by molar-refractivity contribution is -0.144. The number of benzene rings is 1. The minimum absolute atomic E-state index is 0.0535. The van der Waals surface area contributed by atoms with Crippen molar-refractivity contribution in [1.29, 1.82) is 0 Å². The van der Waals surface area contributed by atoms with Gasteiger partial charge in [-0.1, -0.05) is 57.4 Å². The second-order valence-corrected chi connectivity index (χ2v) is 13.8. The van der Waals surface area contributed by atoms with Gasteiger partial charge >= 0.3 is 12.1 Å². The monoisotopic (exact) mass is 596 g/mol. The van der Waals surface area contributed by atoms with E-state index in [1.165, 1.54) is 35.7 Å². The molecule has 1 amide bonds. The third-order valence-corrected chi connectivity index (χ3v) is 9.37. The number of rotatable bonds is 12. The molecular weight excluding hydrogens is 548 g/mol. The summed E-state index contributed by atoms with van der Waals surface area (Å²) in [5.74, 6) is 1.80. The number of carbonyl (C=O) groups excluding carboxylic acids is 2. The Morgan fingerprint density at radius 3 is 2.57 bits per heavy atom. The Labute approximate surface area is 255 Å². The fourth-order valence-corrected chi connectivity index (χ4v) is 6.79. The van der Waals surface area contributed by atoms with Crippen LogP contribution in [0.15, 0.2) is 41.7 Å². The summed E-state index contributed by atoms with van der Waals surface area (Å²) in [6.07, 6.45) is 10.9. The number of nitrogens with one attached hydrogen (secondary N) is 1. The minimum atomic E-state index is -0.544. The molecule has 230 valence electrons. The Hall–Kier alpha value is -2.81. The van der Waals surface area contributed by atoms with Crippen LogP contribution in [0.4, 0.5) is 10.6 Å². The topological polar surface area (TPSA) is 93.7 Å². The molecule has 1 spiro atoms. The number of aromatic nitrogens is 2. The molecule has 2 aromatic rings. The number of amides is 1. The van der Waals surface area contributed by atoms with Gasteiger partial charge in [0.15, 0.2) is 0 Å². The predicted octanol–water partition coefficient (Wildman–Crippen LogP) is 7.13. The highest BCUT2D eigenvalue weighted by molar-refractivity contribution is 7.99. The van der Waals surface area contributed by atoms with Crippen molar-refractivity contribution < 1.29 is 19.1 Å². The van der Waals surface area contributed by atoms with E-state index in [0.717, 1.165) is 56.0 Å². The highest BCUT2D eigenvalue weighted by Crippen LogP contribution is 2.52.